The molecule has 21 nitrogen and oxygen atoms in total. The summed E-state index contributed by atoms with van der Waals surface area (Å²) in [6.45, 7) is 11.1. The number of rotatable bonds is 28. The Balaban J connectivity index is 2.98. The van der Waals surface area contributed by atoms with Gasteiger partial charge in [-0.2, -0.15) is 0 Å². The Morgan fingerprint density at radius 1 is 0.508 bits per heavy atom. The average molecular weight is 892 g/mol. The highest BCUT2D eigenvalue weighted by Crippen LogP contribution is 2.12. The zero-order valence-electron chi connectivity index (χ0n) is 37.5. The van der Waals surface area contributed by atoms with Crippen LogP contribution in [0.2, 0.25) is 0 Å². The van der Waals surface area contributed by atoms with Crippen LogP contribution in [0.4, 0.5) is 0 Å². The number of aliphatic carboxylic acids is 1. The fourth-order valence-electron chi connectivity index (χ4n) is 6.20. The number of carbonyl (C=O) groups excluding carboxylic acids is 8. The van der Waals surface area contributed by atoms with Crippen molar-refractivity contribution in [2.45, 2.75) is 123 Å². The van der Waals surface area contributed by atoms with Crippen LogP contribution in [0.1, 0.15) is 80.2 Å². The minimum atomic E-state index is -1.61. The number of hydrogen-bond donors (Lipinski definition) is 12. The second-order valence-corrected chi connectivity index (χ2v) is 16.9. The first-order valence-electron chi connectivity index (χ1n) is 21.1. The Morgan fingerprint density at radius 3 is 1.33 bits per heavy atom. The van der Waals surface area contributed by atoms with Gasteiger partial charge in [0.15, 0.2) is 0 Å². The van der Waals surface area contributed by atoms with Crippen LogP contribution in [0.25, 0.3) is 0 Å². The van der Waals surface area contributed by atoms with Gasteiger partial charge in [-0.1, -0.05) is 85.7 Å². The number of carboxylic acid groups (broad SMARTS) is 1. The maximum Gasteiger partial charge on any atom is 0.326 e. The molecule has 0 aliphatic rings. The monoisotopic (exact) mass is 892 g/mol. The molecule has 1 aromatic carbocycles. The van der Waals surface area contributed by atoms with Crippen molar-refractivity contribution in [2.75, 3.05) is 26.3 Å². The number of aliphatic hydroxyl groups excluding tert-OH is 2. The van der Waals surface area contributed by atoms with E-state index in [0.29, 0.717) is 5.56 Å². The molecule has 0 aliphatic heterocycles. The van der Waals surface area contributed by atoms with E-state index in [1.54, 1.807) is 71.9 Å². The molecule has 0 bridgehead atoms. The van der Waals surface area contributed by atoms with Crippen LogP contribution >= 0.6 is 0 Å². The summed E-state index contributed by atoms with van der Waals surface area (Å²) in [4.78, 5) is 117. The lowest BCUT2D eigenvalue weighted by atomic mass is 9.99. The quantitative estimate of drug-likeness (QED) is 0.0417. The number of amides is 8. The van der Waals surface area contributed by atoms with Gasteiger partial charge in [0.05, 0.1) is 26.3 Å². The van der Waals surface area contributed by atoms with E-state index in [2.05, 4.69) is 42.5 Å². The number of hydrogen-bond acceptors (Lipinski definition) is 12. The zero-order valence-corrected chi connectivity index (χ0v) is 37.5. The van der Waals surface area contributed by atoms with E-state index in [4.69, 9.17) is 5.73 Å². The normalized spacial score (nSPS) is 14.6. The number of carboxylic acids is 1. The lowest BCUT2D eigenvalue weighted by molar-refractivity contribution is -0.142. The Kier molecular flexibility index (Phi) is 24.7. The molecule has 0 spiro atoms. The SMILES string of the molecule is CC(C)C[C@H](NC(=O)CN)C(=O)N[C@@H](CC(C)C)C(=O)N[C@@H](CO)C(=O)NCC(=O)N[C@@H](CO)C(=O)N[C@@H](CC(C)C)C(=O)N[C@H](C(=O)N[C@@H](Cc1ccccc1)C(=O)O)C(C)C. The summed E-state index contributed by atoms with van der Waals surface area (Å²) in [6, 6.07) is -0.485. The third-order valence-corrected chi connectivity index (χ3v) is 9.44. The number of benzene rings is 1. The largest absolute Gasteiger partial charge is 0.480 e. The van der Waals surface area contributed by atoms with E-state index in [9.17, 15) is 58.5 Å². The Hall–Kier alpha value is -5.67. The third kappa shape index (κ3) is 20.8. The summed E-state index contributed by atoms with van der Waals surface area (Å²) in [5.74, 6) is -8.62. The molecule has 0 aromatic heterocycles. The first-order chi connectivity index (χ1) is 29.5. The summed E-state index contributed by atoms with van der Waals surface area (Å²) in [6.07, 6.45) is 0.426. The molecule has 0 unspecified atom stereocenters. The lowest BCUT2D eigenvalue weighted by Gasteiger charge is -2.28. The molecule has 13 N–H and O–H groups in total. The second kappa shape index (κ2) is 28.1. The minimum Gasteiger partial charge on any atom is -0.480 e. The van der Waals surface area contributed by atoms with Gasteiger partial charge >= 0.3 is 5.97 Å². The minimum absolute atomic E-state index is 0.0103. The fraction of sp³-hybridized carbons (Fsp3) is 0.643. The number of carbonyl (C=O) groups is 9. The van der Waals surface area contributed by atoms with Crippen LogP contribution in [-0.2, 0) is 49.6 Å². The van der Waals surface area contributed by atoms with Crippen molar-refractivity contribution in [1.82, 2.24) is 42.5 Å². The van der Waals surface area contributed by atoms with Gasteiger partial charge in [-0.25, -0.2) is 4.79 Å². The van der Waals surface area contributed by atoms with Gasteiger partial charge in [-0.15, -0.1) is 0 Å². The fourth-order valence-corrected chi connectivity index (χ4v) is 6.20. The van der Waals surface area contributed by atoms with Crippen LogP contribution in [0.3, 0.4) is 0 Å². The van der Waals surface area contributed by atoms with Crippen LogP contribution in [0.15, 0.2) is 30.3 Å². The van der Waals surface area contributed by atoms with E-state index in [1.807, 2.05) is 13.8 Å². The number of nitrogens with one attached hydrogen (secondary N) is 8. The summed E-state index contributed by atoms with van der Waals surface area (Å²) in [5, 5.41) is 49.3. The lowest BCUT2D eigenvalue weighted by Crippen LogP contribution is -2.60. The standard InChI is InChI=1S/C42H69N9O12/c1-22(2)14-27(45-33(54)18-43)37(57)47-28(15-23(3)4)38(58)50-31(20-52)36(56)44-19-34(55)46-32(21-53)40(60)48-29(16-24(5)6)39(59)51-35(25(7)8)41(61)49-30(42(62)63)17-26-12-10-9-11-13-26/h9-13,22-25,27-32,35,52-53H,14-21,43H2,1-8H3,(H,44,56)(H,45,54)(H,46,55)(H,47,57)(H,48,60)(H,49,61)(H,50,58)(H,51,59)(H,62,63)/t27-,28-,29-,30-,31-,32-,35-/m0/s1. The molecular formula is C42H69N9O12. The first kappa shape index (κ1) is 55.3. The summed E-state index contributed by atoms with van der Waals surface area (Å²) >= 11 is 0. The van der Waals surface area contributed by atoms with Gasteiger partial charge in [0.1, 0.15) is 42.3 Å². The van der Waals surface area contributed by atoms with Crippen molar-refractivity contribution in [3.63, 3.8) is 0 Å². The molecule has 1 aromatic rings. The predicted octanol–water partition coefficient (Wildman–Crippen LogP) is -2.44. The van der Waals surface area contributed by atoms with Crippen LogP contribution in [0, 0.1) is 23.7 Å². The van der Waals surface area contributed by atoms with Gasteiger partial charge in [-0.05, 0) is 48.5 Å². The second-order valence-electron chi connectivity index (χ2n) is 16.9. The van der Waals surface area contributed by atoms with Crippen LogP contribution in [-0.4, -0.2) is 137 Å². The molecule has 0 aliphatic carbocycles. The topological polar surface area (TPSA) is 337 Å². The summed E-state index contributed by atoms with van der Waals surface area (Å²) in [7, 11) is 0. The summed E-state index contributed by atoms with van der Waals surface area (Å²) < 4.78 is 0. The smallest absolute Gasteiger partial charge is 0.326 e. The van der Waals surface area contributed by atoms with Gasteiger partial charge in [0.25, 0.3) is 0 Å². The van der Waals surface area contributed by atoms with E-state index in [0.717, 1.165) is 0 Å². The molecule has 0 saturated carbocycles. The zero-order chi connectivity index (χ0) is 48.0. The van der Waals surface area contributed by atoms with Gasteiger partial charge in [-0.3, -0.25) is 38.4 Å². The van der Waals surface area contributed by atoms with E-state index in [1.165, 1.54) is 0 Å². The highest BCUT2D eigenvalue weighted by Gasteiger charge is 2.34. The highest BCUT2D eigenvalue weighted by molar-refractivity contribution is 5.97. The maximum atomic E-state index is 13.6. The molecule has 1 rings (SSSR count). The van der Waals surface area contributed by atoms with Crippen LogP contribution < -0.4 is 48.3 Å². The molecule has 0 saturated heterocycles. The third-order valence-electron chi connectivity index (χ3n) is 9.44. The van der Waals surface area contributed by atoms with Crippen molar-refractivity contribution in [3.8, 4) is 0 Å². The molecule has 63 heavy (non-hydrogen) atoms. The van der Waals surface area contributed by atoms with Crippen molar-refractivity contribution in [2.24, 2.45) is 29.4 Å². The van der Waals surface area contributed by atoms with Crippen LogP contribution in [0.5, 0.6) is 0 Å². The molecule has 0 fully saturated rings. The van der Waals surface area contributed by atoms with Gasteiger partial charge < -0.3 is 63.6 Å². The van der Waals surface area contributed by atoms with Gasteiger partial charge in [0.2, 0.25) is 47.3 Å². The molecule has 0 radical (unpaired) electrons. The first-order valence-corrected chi connectivity index (χ1v) is 21.1. The van der Waals surface area contributed by atoms with Crippen molar-refractivity contribution in [1.29, 1.82) is 0 Å². The Morgan fingerprint density at radius 2 is 0.905 bits per heavy atom. The van der Waals surface area contributed by atoms with Gasteiger partial charge in [0, 0.05) is 6.42 Å². The summed E-state index contributed by atoms with van der Waals surface area (Å²) in [5.41, 5.74) is 6.06. The van der Waals surface area contributed by atoms with Crippen molar-refractivity contribution < 1.29 is 58.5 Å². The number of nitrogens with two attached hydrogens (primary N) is 1. The van der Waals surface area contributed by atoms with E-state index >= 15 is 0 Å². The average Bonchev–Trinajstić information content (AvgIpc) is 3.21. The molecule has 8 amide bonds. The molecule has 354 valence electrons. The predicted molar refractivity (Wildman–Crippen MR) is 231 cm³/mol. The maximum absolute atomic E-state index is 13.6. The Bertz CT molecular complexity index is 1690. The van der Waals surface area contributed by atoms with E-state index < -0.39 is 121 Å². The van der Waals surface area contributed by atoms with Crippen molar-refractivity contribution >= 4 is 53.2 Å². The molecule has 7 atom stereocenters. The molecule has 0 heterocycles. The van der Waals surface area contributed by atoms with E-state index in [-0.39, 0.29) is 50.0 Å². The number of aliphatic hydroxyl groups is 2. The Labute approximate surface area is 368 Å². The van der Waals surface area contributed by atoms with Crippen molar-refractivity contribution in [3.05, 3.63) is 35.9 Å². The molecular weight excluding hydrogens is 823 g/mol. The molecule has 21 heteroatoms. The highest BCUT2D eigenvalue weighted by atomic mass is 16.4.